The third-order valence-electron chi connectivity index (χ3n) is 4.02. The van der Waals surface area contributed by atoms with Crippen molar-refractivity contribution in [3.63, 3.8) is 0 Å². The number of benzene rings is 2. The number of carboxylic acids is 1. The Hall–Kier alpha value is -3.75. The summed E-state index contributed by atoms with van der Waals surface area (Å²) in [4.78, 5) is 27.1. The van der Waals surface area contributed by atoms with Gasteiger partial charge in [0.05, 0.1) is 0 Å². The monoisotopic (exact) mass is 414 g/mol. The van der Waals surface area contributed by atoms with Gasteiger partial charge in [0.1, 0.15) is 24.1 Å². The van der Waals surface area contributed by atoms with Crippen LogP contribution in [0.1, 0.15) is 18.4 Å². The molecule has 2 aromatic carbocycles. The highest BCUT2D eigenvalue weighted by molar-refractivity contribution is 5.84. The second-order valence-corrected chi connectivity index (χ2v) is 6.44. The number of rotatable bonds is 12. The number of ether oxygens (including phenoxy) is 2. The molecule has 0 bridgehead atoms. The normalized spacial score (nSPS) is 11.2. The summed E-state index contributed by atoms with van der Waals surface area (Å²) < 4.78 is 11.1. The van der Waals surface area contributed by atoms with E-state index in [1.807, 2.05) is 30.3 Å². The van der Waals surface area contributed by atoms with E-state index < -0.39 is 17.9 Å². The maximum atomic E-state index is 12.0. The van der Waals surface area contributed by atoms with E-state index in [-0.39, 0.29) is 25.5 Å². The predicted molar refractivity (Wildman–Crippen MR) is 112 cm³/mol. The molecule has 2 aromatic rings. The molecular formula is C21H26N4O5. The van der Waals surface area contributed by atoms with E-state index in [2.05, 4.69) is 10.3 Å². The highest BCUT2D eigenvalue weighted by Crippen LogP contribution is 2.18. The number of nitrogens with one attached hydrogen (secondary N) is 1. The van der Waals surface area contributed by atoms with E-state index in [0.29, 0.717) is 24.5 Å². The van der Waals surface area contributed by atoms with Crippen LogP contribution in [-0.4, -0.2) is 42.1 Å². The average Bonchev–Trinajstić information content (AvgIpc) is 2.74. The van der Waals surface area contributed by atoms with Crippen LogP contribution in [0, 0.1) is 0 Å². The fourth-order valence-electron chi connectivity index (χ4n) is 2.52. The standard InChI is InChI=1S/C21H26N4O5/c22-21(23)24-12-4-7-18(20(27)28)25-19(26)14-30-17-10-8-16(9-11-17)29-13-15-5-2-1-3-6-15/h1-3,5-6,8-11,18H,4,7,12-14H2,(H,25,26)(H,27,28)(H4,22,23,24)/t18-/m0/s1. The molecule has 0 heterocycles. The average molecular weight is 414 g/mol. The first kappa shape index (κ1) is 22.5. The number of aliphatic imine (C=N–C) groups is 1. The summed E-state index contributed by atoms with van der Waals surface area (Å²) in [7, 11) is 0. The van der Waals surface area contributed by atoms with Gasteiger partial charge in [-0.15, -0.1) is 0 Å². The van der Waals surface area contributed by atoms with Crippen LogP contribution in [-0.2, 0) is 16.2 Å². The van der Waals surface area contributed by atoms with Crippen molar-refractivity contribution in [2.45, 2.75) is 25.5 Å². The Bertz CT molecular complexity index is 836. The Labute approximate surface area is 174 Å². The van der Waals surface area contributed by atoms with Gasteiger partial charge in [0, 0.05) is 6.54 Å². The zero-order valence-electron chi connectivity index (χ0n) is 16.5. The Morgan fingerprint density at radius 3 is 2.23 bits per heavy atom. The summed E-state index contributed by atoms with van der Waals surface area (Å²) >= 11 is 0. The lowest BCUT2D eigenvalue weighted by Crippen LogP contribution is -2.43. The van der Waals surface area contributed by atoms with Crippen LogP contribution < -0.4 is 26.3 Å². The molecule has 0 fully saturated rings. The summed E-state index contributed by atoms with van der Waals surface area (Å²) in [6.45, 7) is 0.433. The number of hydrogen-bond donors (Lipinski definition) is 4. The maximum absolute atomic E-state index is 12.0. The van der Waals surface area contributed by atoms with Gasteiger partial charge in [-0.2, -0.15) is 0 Å². The van der Waals surface area contributed by atoms with Gasteiger partial charge < -0.3 is 31.4 Å². The zero-order valence-corrected chi connectivity index (χ0v) is 16.5. The van der Waals surface area contributed by atoms with Gasteiger partial charge >= 0.3 is 5.97 Å². The highest BCUT2D eigenvalue weighted by atomic mass is 16.5. The van der Waals surface area contributed by atoms with E-state index in [1.165, 1.54) is 0 Å². The number of nitrogens with zero attached hydrogens (tertiary/aromatic N) is 1. The summed E-state index contributed by atoms with van der Waals surface area (Å²) in [5, 5.41) is 11.7. The smallest absolute Gasteiger partial charge is 0.326 e. The molecule has 0 aliphatic carbocycles. The first-order chi connectivity index (χ1) is 14.4. The van der Waals surface area contributed by atoms with E-state index in [9.17, 15) is 14.7 Å². The summed E-state index contributed by atoms with van der Waals surface area (Å²) in [5.41, 5.74) is 11.5. The van der Waals surface area contributed by atoms with Crippen molar-refractivity contribution in [3.05, 3.63) is 60.2 Å². The Morgan fingerprint density at radius 1 is 1.00 bits per heavy atom. The third kappa shape index (κ3) is 8.51. The minimum Gasteiger partial charge on any atom is -0.489 e. The van der Waals surface area contributed by atoms with Crippen molar-refractivity contribution in [2.75, 3.05) is 13.2 Å². The SMILES string of the molecule is NC(N)=NCCC[C@H](NC(=O)COc1ccc(OCc2ccccc2)cc1)C(=O)O. The molecule has 0 aliphatic heterocycles. The molecule has 0 saturated carbocycles. The van der Waals surface area contributed by atoms with Gasteiger partial charge in [0.25, 0.3) is 5.91 Å². The molecule has 0 aliphatic rings. The van der Waals surface area contributed by atoms with E-state index in [4.69, 9.17) is 20.9 Å². The minimum atomic E-state index is -1.13. The molecule has 0 radical (unpaired) electrons. The van der Waals surface area contributed by atoms with E-state index in [0.717, 1.165) is 5.56 Å². The number of amides is 1. The van der Waals surface area contributed by atoms with Gasteiger partial charge in [-0.25, -0.2) is 4.79 Å². The number of nitrogens with two attached hydrogens (primary N) is 2. The lowest BCUT2D eigenvalue weighted by atomic mass is 10.1. The fourth-order valence-corrected chi connectivity index (χ4v) is 2.52. The molecule has 30 heavy (non-hydrogen) atoms. The first-order valence-electron chi connectivity index (χ1n) is 9.41. The molecular weight excluding hydrogens is 388 g/mol. The van der Waals surface area contributed by atoms with Gasteiger partial charge in [-0.05, 0) is 42.7 Å². The summed E-state index contributed by atoms with van der Waals surface area (Å²) in [6.07, 6.45) is 0.617. The number of hydrogen-bond acceptors (Lipinski definition) is 5. The predicted octanol–water partition coefficient (Wildman–Crippen LogP) is 1.27. The first-order valence-corrected chi connectivity index (χ1v) is 9.41. The van der Waals surface area contributed by atoms with Gasteiger partial charge in [0.15, 0.2) is 12.6 Å². The third-order valence-corrected chi connectivity index (χ3v) is 4.02. The largest absolute Gasteiger partial charge is 0.489 e. The fraction of sp³-hybridized carbons (Fsp3) is 0.286. The number of guanidine groups is 1. The van der Waals surface area contributed by atoms with Crippen molar-refractivity contribution >= 4 is 17.8 Å². The molecule has 0 aromatic heterocycles. The minimum absolute atomic E-state index is 0.0594. The molecule has 1 amide bonds. The lowest BCUT2D eigenvalue weighted by Gasteiger charge is -2.14. The highest BCUT2D eigenvalue weighted by Gasteiger charge is 2.19. The van der Waals surface area contributed by atoms with Crippen molar-refractivity contribution in [1.29, 1.82) is 0 Å². The molecule has 160 valence electrons. The second kappa shape index (κ2) is 11.9. The van der Waals surface area contributed by atoms with E-state index >= 15 is 0 Å². The Balaban J connectivity index is 1.74. The van der Waals surface area contributed by atoms with Crippen LogP contribution in [0.2, 0.25) is 0 Å². The van der Waals surface area contributed by atoms with Crippen LogP contribution in [0.15, 0.2) is 59.6 Å². The molecule has 6 N–H and O–H groups in total. The van der Waals surface area contributed by atoms with Gasteiger partial charge in [-0.1, -0.05) is 30.3 Å². The van der Waals surface area contributed by atoms with Gasteiger partial charge in [-0.3, -0.25) is 9.79 Å². The number of carbonyl (C=O) groups is 2. The zero-order chi connectivity index (χ0) is 21.8. The van der Waals surface area contributed by atoms with Crippen molar-refractivity contribution in [2.24, 2.45) is 16.5 Å². The molecule has 0 unspecified atom stereocenters. The summed E-state index contributed by atoms with van der Waals surface area (Å²) in [6, 6.07) is 15.6. The van der Waals surface area contributed by atoms with Crippen LogP contribution in [0.25, 0.3) is 0 Å². The Morgan fingerprint density at radius 2 is 1.63 bits per heavy atom. The molecule has 2 rings (SSSR count). The van der Waals surface area contributed by atoms with Crippen LogP contribution in [0.3, 0.4) is 0 Å². The lowest BCUT2D eigenvalue weighted by molar-refractivity contribution is -0.142. The molecule has 0 spiro atoms. The van der Waals surface area contributed by atoms with Crippen molar-refractivity contribution in [3.8, 4) is 11.5 Å². The topological polar surface area (TPSA) is 149 Å². The molecule has 0 saturated heterocycles. The molecule has 9 heteroatoms. The maximum Gasteiger partial charge on any atom is 0.326 e. The molecule has 1 atom stereocenters. The molecule has 9 nitrogen and oxygen atoms in total. The van der Waals surface area contributed by atoms with E-state index in [1.54, 1.807) is 24.3 Å². The van der Waals surface area contributed by atoms with Crippen LogP contribution in [0.4, 0.5) is 0 Å². The number of carboxylic acid groups (broad SMARTS) is 1. The summed E-state index contributed by atoms with van der Waals surface area (Å²) in [5.74, 6) is -0.586. The number of carbonyl (C=O) groups excluding carboxylic acids is 1. The number of aliphatic carboxylic acids is 1. The van der Waals surface area contributed by atoms with Crippen molar-refractivity contribution < 1.29 is 24.2 Å². The van der Waals surface area contributed by atoms with Crippen LogP contribution >= 0.6 is 0 Å². The van der Waals surface area contributed by atoms with Gasteiger partial charge in [0.2, 0.25) is 0 Å². The second-order valence-electron chi connectivity index (χ2n) is 6.44. The van der Waals surface area contributed by atoms with Crippen LogP contribution in [0.5, 0.6) is 11.5 Å². The Kier molecular flexibility index (Phi) is 8.98. The van der Waals surface area contributed by atoms with Crippen molar-refractivity contribution in [1.82, 2.24) is 5.32 Å². The quantitative estimate of drug-likeness (QED) is 0.232.